The Hall–Kier alpha value is -0.870. The first kappa shape index (κ1) is 14.2. The van der Waals surface area contributed by atoms with Gasteiger partial charge in [0.1, 0.15) is 0 Å². The van der Waals surface area contributed by atoms with Crippen LogP contribution in [0.25, 0.3) is 0 Å². The van der Waals surface area contributed by atoms with Gasteiger partial charge in [0.05, 0.1) is 5.69 Å². The quantitative estimate of drug-likeness (QED) is 0.818. The third-order valence-electron chi connectivity index (χ3n) is 2.90. The van der Waals surface area contributed by atoms with Crippen LogP contribution >= 0.6 is 11.3 Å². The molecule has 2 N–H and O–H groups in total. The second-order valence-electron chi connectivity index (χ2n) is 5.06. The summed E-state index contributed by atoms with van der Waals surface area (Å²) in [6, 6.07) is 1.95. The van der Waals surface area contributed by atoms with Crippen molar-refractivity contribution in [2.75, 3.05) is 11.9 Å². The lowest BCUT2D eigenvalue weighted by Gasteiger charge is -2.22. The molecular formula is C13H22N2OS. The molecule has 17 heavy (non-hydrogen) atoms. The van der Waals surface area contributed by atoms with Crippen molar-refractivity contribution in [3.05, 3.63) is 16.3 Å². The number of hydrogen-bond acceptors (Lipinski definition) is 3. The molecule has 0 aromatic carbocycles. The summed E-state index contributed by atoms with van der Waals surface area (Å²) in [6.45, 7) is 10.1. The van der Waals surface area contributed by atoms with Crippen LogP contribution in [-0.2, 0) is 11.3 Å². The number of nitrogens with one attached hydrogen (secondary N) is 2. The summed E-state index contributed by atoms with van der Waals surface area (Å²) in [7, 11) is 0. The van der Waals surface area contributed by atoms with Crippen molar-refractivity contribution in [2.45, 2.75) is 40.7 Å². The van der Waals surface area contributed by atoms with E-state index in [1.165, 1.54) is 11.8 Å². The average Bonchev–Trinajstić information content (AvgIpc) is 2.65. The van der Waals surface area contributed by atoms with Gasteiger partial charge in [-0.2, -0.15) is 0 Å². The first-order valence-corrected chi connectivity index (χ1v) is 6.87. The molecule has 0 saturated heterocycles. The van der Waals surface area contributed by atoms with Crippen molar-refractivity contribution in [2.24, 2.45) is 5.41 Å². The molecule has 0 spiro atoms. The number of thiophene rings is 1. The summed E-state index contributed by atoms with van der Waals surface area (Å²) < 4.78 is 0. The van der Waals surface area contributed by atoms with Crippen molar-refractivity contribution in [1.29, 1.82) is 0 Å². The second-order valence-corrected chi connectivity index (χ2v) is 6.06. The van der Waals surface area contributed by atoms with Crippen LogP contribution in [-0.4, -0.2) is 12.5 Å². The molecule has 1 aromatic rings. The van der Waals surface area contributed by atoms with E-state index in [0.717, 1.165) is 25.2 Å². The second kappa shape index (κ2) is 6.17. The largest absolute Gasteiger partial charge is 0.325 e. The maximum absolute atomic E-state index is 11.0. The van der Waals surface area contributed by atoms with E-state index in [0.29, 0.717) is 5.41 Å². The van der Waals surface area contributed by atoms with Gasteiger partial charge in [-0.25, -0.2) is 0 Å². The zero-order valence-electron chi connectivity index (χ0n) is 11.1. The Morgan fingerprint density at radius 3 is 2.76 bits per heavy atom. The van der Waals surface area contributed by atoms with Crippen LogP contribution in [0.15, 0.2) is 11.4 Å². The van der Waals surface area contributed by atoms with Crippen LogP contribution in [0.4, 0.5) is 5.69 Å². The van der Waals surface area contributed by atoms with Gasteiger partial charge in [-0.1, -0.05) is 20.8 Å². The van der Waals surface area contributed by atoms with Crippen LogP contribution in [0.5, 0.6) is 0 Å². The maximum atomic E-state index is 11.0. The lowest BCUT2D eigenvalue weighted by Crippen LogP contribution is -2.28. The smallest absolute Gasteiger partial charge is 0.221 e. The van der Waals surface area contributed by atoms with E-state index in [-0.39, 0.29) is 5.91 Å². The molecule has 1 rings (SSSR count). The van der Waals surface area contributed by atoms with Crippen molar-refractivity contribution >= 4 is 22.9 Å². The minimum Gasteiger partial charge on any atom is -0.325 e. The highest BCUT2D eigenvalue weighted by atomic mass is 32.1. The van der Waals surface area contributed by atoms with E-state index in [1.807, 2.05) is 11.4 Å². The highest BCUT2D eigenvalue weighted by molar-refractivity contribution is 7.10. The van der Waals surface area contributed by atoms with E-state index < -0.39 is 0 Å². The summed E-state index contributed by atoms with van der Waals surface area (Å²) in [4.78, 5) is 12.2. The molecule has 1 aromatic heterocycles. The average molecular weight is 254 g/mol. The predicted octanol–water partition coefficient (Wildman–Crippen LogP) is 3.23. The Kier molecular flexibility index (Phi) is 5.15. The standard InChI is InChI=1S/C13H22N2OS/c1-5-13(3,4)9-14-8-12-11(6-7-17-12)15-10(2)16/h6-7,14H,5,8-9H2,1-4H3,(H,15,16). The first-order valence-electron chi connectivity index (χ1n) is 5.99. The molecule has 4 heteroatoms. The van der Waals surface area contributed by atoms with E-state index in [4.69, 9.17) is 0 Å². The van der Waals surface area contributed by atoms with Gasteiger partial charge in [0.25, 0.3) is 0 Å². The topological polar surface area (TPSA) is 41.1 Å². The lowest BCUT2D eigenvalue weighted by atomic mass is 9.90. The van der Waals surface area contributed by atoms with E-state index >= 15 is 0 Å². The molecule has 0 fully saturated rings. The molecule has 0 radical (unpaired) electrons. The molecule has 0 unspecified atom stereocenters. The van der Waals surface area contributed by atoms with Crippen molar-refractivity contribution in [1.82, 2.24) is 5.32 Å². The zero-order chi connectivity index (χ0) is 12.9. The number of amides is 1. The molecule has 0 aliphatic rings. The summed E-state index contributed by atoms with van der Waals surface area (Å²) in [5.41, 5.74) is 1.26. The van der Waals surface area contributed by atoms with E-state index in [9.17, 15) is 4.79 Å². The maximum Gasteiger partial charge on any atom is 0.221 e. The van der Waals surface area contributed by atoms with Gasteiger partial charge in [-0.3, -0.25) is 4.79 Å². The molecule has 0 bridgehead atoms. The van der Waals surface area contributed by atoms with Gasteiger partial charge in [0, 0.05) is 24.9 Å². The fourth-order valence-corrected chi connectivity index (χ4v) is 2.22. The van der Waals surface area contributed by atoms with Crippen molar-refractivity contribution < 1.29 is 4.79 Å². The van der Waals surface area contributed by atoms with Crippen molar-refractivity contribution in [3.8, 4) is 0 Å². The molecular weight excluding hydrogens is 232 g/mol. The number of carbonyl (C=O) groups is 1. The Bertz CT molecular complexity index is 371. The molecule has 0 saturated carbocycles. The molecule has 0 aliphatic carbocycles. The number of hydrogen-bond donors (Lipinski definition) is 2. The van der Waals surface area contributed by atoms with Gasteiger partial charge in [0.15, 0.2) is 0 Å². The summed E-state index contributed by atoms with van der Waals surface area (Å²) in [5, 5.41) is 8.31. The molecule has 1 heterocycles. The van der Waals surface area contributed by atoms with Gasteiger partial charge < -0.3 is 10.6 Å². The molecule has 0 aliphatic heterocycles. The zero-order valence-corrected chi connectivity index (χ0v) is 11.9. The monoisotopic (exact) mass is 254 g/mol. The first-order chi connectivity index (χ1) is 7.94. The Morgan fingerprint density at radius 2 is 2.18 bits per heavy atom. The summed E-state index contributed by atoms with van der Waals surface area (Å²) in [5.74, 6) is -0.0152. The third-order valence-corrected chi connectivity index (χ3v) is 3.82. The van der Waals surface area contributed by atoms with Crippen LogP contribution in [0.2, 0.25) is 0 Å². The Balaban J connectivity index is 2.47. The van der Waals surface area contributed by atoms with Gasteiger partial charge in [-0.15, -0.1) is 11.3 Å². The summed E-state index contributed by atoms with van der Waals surface area (Å²) >= 11 is 1.67. The third kappa shape index (κ3) is 4.88. The summed E-state index contributed by atoms with van der Waals surface area (Å²) in [6.07, 6.45) is 1.16. The minimum atomic E-state index is -0.0152. The molecule has 0 atom stereocenters. The number of rotatable bonds is 6. The van der Waals surface area contributed by atoms with E-state index in [2.05, 4.69) is 31.4 Å². The molecule has 3 nitrogen and oxygen atoms in total. The van der Waals surface area contributed by atoms with Crippen LogP contribution in [0.3, 0.4) is 0 Å². The normalized spacial score (nSPS) is 11.5. The fourth-order valence-electron chi connectivity index (χ4n) is 1.42. The SMILES string of the molecule is CCC(C)(C)CNCc1sccc1NC(C)=O. The number of carbonyl (C=O) groups excluding carboxylic acids is 1. The van der Waals surface area contributed by atoms with Gasteiger partial charge >= 0.3 is 0 Å². The van der Waals surface area contributed by atoms with Crippen LogP contribution in [0.1, 0.15) is 39.0 Å². The highest BCUT2D eigenvalue weighted by Gasteiger charge is 2.14. The van der Waals surface area contributed by atoms with Gasteiger partial charge in [-0.05, 0) is 23.3 Å². The molecule has 1 amide bonds. The minimum absolute atomic E-state index is 0.0152. The van der Waals surface area contributed by atoms with Crippen molar-refractivity contribution in [3.63, 3.8) is 0 Å². The Morgan fingerprint density at radius 1 is 1.47 bits per heavy atom. The van der Waals surface area contributed by atoms with Crippen LogP contribution < -0.4 is 10.6 Å². The van der Waals surface area contributed by atoms with Gasteiger partial charge in [0.2, 0.25) is 5.91 Å². The number of anilines is 1. The fraction of sp³-hybridized carbons (Fsp3) is 0.615. The highest BCUT2D eigenvalue weighted by Crippen LogP contribution is 2.23. The Labute approximate surface area is 108 Å². The lowest BCUT2D eigenvalue weighted by molar-refractivity contribution is -0.114. The van der Waals surface area contributed by atoms with E-state index in [1.54, 1.807) is 11.3 Å². The molecule has 96 valence electrons. The van der Waals surface area contributed by atoms with Crippen LogP contribution in [0, 0.1) is 5.41 Å². The predicted molar refractivity (Wildman–Crippen MR) is 74.4 cm³/mol.